The third-order valence-corrected chi connectivity index (χ3v) is 2.28. The van der Waals surface area contributed by atoms with Crippen LogP contribution in [0, 0.1) is 0 Å². The lowest BCUT2D eigenvalue weighted by atomic mass is 10.2. The predicted octanol–water partition coefficient (Wildman–Crippen LogP) is 2.77. The van der Waals surface area contributed by atoms with Crippen LogP contribution < -0.4 is 0 Å². The van der Waals surface area contributed by atoms with Gasteiger partial charge in [-0.2, -0.15) is 0 Å². The second-order valence-electron chi connectivity index (χ2n) is 2.60. The van der Waals surface area contributed by atoms with Crippen LogP contribution in [0.4, 0.5) is 0 Å². The summed E-state index contributed by atoms with van der Waals surface area (Å²) >= 11 is 0. The Bertz CT molecular complexity index is 199. The largest absolute Gasteiger partial charge is 0.472 e. The monoisotopic (exact) mass is 202 g/mol. The van der Waals surface area contributed by atoms with Crippen LogP contribution in [0.2, 0.25) is 0 Å². The van der Waals surface area contributed by atoms with E-state index in [-0.39, 0.29) is 9.03 Å². The smallest absolute Gasteiger partial charge is 0.155 e. The molecule has 1 heterocycles. The molecular formula is C9H15O3P. The molecule has 74 valence electrons. The Hall–Kier alpha value is -0.370. The van der Waals surface area contributed by atoms with Gasteiger partial charge in [0.05, 0.1) is 25.7 Å². The number of hydrogen-bond acceptors (Lipinski definition) is 3. The van der Waals surface area contributed by atoms with Gasteiger partial charge in [-0.15, -0.1) is 0 Å². The van der Waals surface area contributed by atoms with Crippen LogP contribution in [0.1, 0.15) is 18.9 Å². The highest BCUT2D eigenvalue weighted by Crippen LogP contribution is 2.13. The Morgan fingerprint density at radius 3 is 3.08 bits per heavy atom. The molecule has 3 nitrogen and oxygen atoms in total. The van der Waals surface area contributed by atoms with Gasteiger partial charge in [-0.25, -0.2) is 0 Å². The Kier molecular flexibility index (Phi) is 5.83. The summed E-state index contributed by atoms with van der Waals surface area (Å²) in [5.74, 6) is 0. The van der Waals surface area contributed by atoms with Crippen LogP contribution in [0.15, 0.2) is 23.0 Å². The zero-order valence-electron chi connectivity index (χ0n) is 7.79. The van der Waals surface area contributed by atoms with Crippen LogP contribution in [-0.4, -0.2) is 13.2 Å². The van der Waals surface area contributed by atoms with E-state index in [9.17, 15) is 0 Å². The van der Waals surface area contributed by atoms with Crippen molar-refractivity contribution in [2.45, 2.75) is 19.8 Å². The molecule has 0 aliphatic rings. The van der Waals surface area contributed by atoms with E-state index < -0.39 is 0 Å². The quantitative estimate of drug-likeness (QED) is 0.503. The van der Waals surface area contributed by atoms with Gasteiger partial charge in [0.15, 0.2) is 9.03 Å². The Balaban J connectivity index is 1.90. The van der Waals surface area contributed by atoms with Gasteiger partial charge in [0, 0.05) is 0 Å². The van der Waals surface area contributed by atoms with Crippen molar-refractivity contribution in [1.29, 1.82) is 0 Å². The number of rotatable bonds is 7. The summed E-state index contributed by atoms with van der Waals surface area (Å²) in [4.78, 5) is 0. The van der Waals surface area contributed by atoms with Gasteiger partial charge >= 0.3 is 0 Å². The standard InChI is InChI=1S/C9H15O3P/c1-2-11-13-12-6-3-4-9-5-7-10-8-9/h5,7-8,13H,2-4,6H2,1H3. The van der Waals surface area contributed by atoms with Crippen LogP contribution in [-0.2, 0) is 15.5 Å². The van der Waals surface area contributed by atoms with Crippen LogP contribution >= 0.6 is 9.03 Å². The molecule has 0 radical (unpaired) electrons. The third kappa shape index (κ3) is 5.04. The fourth-order valence-electron chi connectivity index (χ4n) is 0.926. The summed E-state index contributed by atoms with van der Waals surface area (Å²) in [6.45, 7) is 3.44. The van der Waals surface area contributed by atoms with Gasteiger partial charge in [-0.3, -0.25) is 0 Å². The van der Waals surface area contributed by atoms with Gasteiger partial charge in [-0.1, -0.05) is 0 Å². The first-order valence-electron chi connectivity index (χ1n) is 4.43. The number of furan rings is 1. The fourth-order valence-corrected chi connectivity index (χ4v) is 1.35. The predicted molar refractivity (Wildman–Crippen MR) is 52.9 cm³/mol. The molecule has 4 heteroatoms. The van der Waals surface area contributed by atoms with E-state index in [2.05, 4.69) is 0 Å². The molecule has 1 rings (SSSR count). The molecule has 0 N–H and O–H groups in total. The maximum atomic E-state index is 5.25. The highest BCUT2D eigenvalue weighted by Gasteiger charge is 1.94. The molecule has 0 amide bonds. The molecule has 1 aromatic heterocycles. The number of hydrogen-bond donors (Lipinski definition) is 0. The molecule has 0 fully saturated rings. The van der Waals surface area contributed by atoms with Gasteiger partial charge < -0.3 is 13.5 Å². The van der Waals surface area contributed by atoms with Crippen molar-refractivity contribution in [3.8, 4) is 0 Å². The lowest BCUT2D eigenvalue weighted by Gasteiger charge is -2.01. The van der Waals surface area contributed by atoms with E-state index in [1.807, 2.05) is 13.0 Å². The van der Waals surface area contributed by atoms with Crippen molar-refractivity contribution in [3.63, 3.8) is 0 Å². The van der Waals surface area contributed by atoms with Crippen molar-refractivity contribution in [3.05, 3.63) is 24.2 Å². The van der Waals surface area contributed by atoms with E-state index in [4.69, 9.17) is 13.5 Å². The van der Waals surface area contributed by atoms with Crippen molar-refractivity contribution in [1.82, 2.24) is 0 Å². The number of aryl methyl sites for hydroxylation is 1. The molecule has 1 atom stereocenters. The van der Waals surface area contributed by atoms with Gasteiger partial charge in [0.1, 0.15) is 0 Å². The maximum absolute atomic E-state index is 5.25. The second kappa shape index (κ2) is 7.07. The zero-order valence-corrected chi connectivity index (χ0v) is 8.79. The van der Waals surface area contributed by atoms with Gasteiger partial charge in [0.2, 0.25) is 0 Å². The summed E-state index contributed by atoms with van der Waals surface area (Å²) in [5, 5.41) is 0. The first-order chi connectivity index (χ1) is 6.43. The Morgan fingerprint density at radius 2 is 2.38 bits per heavy atom. The highest BCUT2D eigenvalue weighted by atomic mass is 31.1. The van der Waals surface area contributed by atoms with E-state index in [1.54, 1.807) is 12.5 Å². The molecule has 0 saturated carbocycles. The van der Waals surface area contributed by atoms with Crippen molar-refractivity contribution in [2.24, 2.45) is 0 Å². The minimum absolute atomic E-state index is 0.184. The second-order valence-corrected chi connectivity index (χ2v) is 3.34. The molecule has 0 aromatic carbocycles. The lowest BCUT2D eigenvalue weighted by Crippen LogP contribution is -1.90. The molecule has 1 unspecified atom stereocenters. The normalized spacial score (nSPS) is 11.5. The zero-order chi connectivity index (χ0) is 9.36. The molecule has 13 heavy (non-hydrogen) atoms. The summed E-state index contributed by atoms with van der Waals surface area (Å²) in [6, 6.07) is 1.98. The molecular weight excluding hydrogens is 187 g/mol. The first kappa shape index (κ1) is 10.7. The minimum Gasteiger partial charge on any atom is -0.472 e. The van der Waals surface area contributed by atoms with Crippen LogP contribution in [0.5, 0.6) is 0 Å². The maximum Gasteiger partial charge on any atom is 0.155 e. The third-order valence-electron chi connectivity index (χ3n) is 1.55. The van der Waals surface area contributed by atoms with Crippen molar-refractivity contribution in [2.75, 3.05) is 13.2 Å². The summed E-state index contributed by atoms with van der Waals surface area (Å²) in [6.07, 6.45) is 5.48. The van der Waals surface area contributed by atoms with Gasteiger partial charge in [-0.05, 0) is 31.4 Å². The van der Waals surface area contributed by atoms with E-state index >= 15 is 0 Å². The van der Waals surface area contributed by atoms with Crippen LogP contribution in [0.3, 0.4) is 0 Å². The lowest BCUT2D eigenvalue weighted by molar-refractivity contribution is 0.273. The Morgan fingerprint density at radius 1 is 1.46 bits per heavy atom. The molecule has 0 spiro atoms. The van der Waals surface area contributed by atoms with E-state index in [0.29, 0.717) is 0 Å². The van der Waals surface area contributed by atoms with E-state index in [0.717, 1.165) is 26.1 Å². The van der Waals surface area contributed by atoms with Crippen LogP contribution in [0.25, 0.3) is 0 Å². The van der Waals surface area contributed by atoms with Gasteiger partial charge in [0.25, 0.3) is 0 Å². The SMILES string of the molecule is CCOPOCCCc1ccoc1. The average molecular weight is 202 g/mol. The minimum atomic E-state index is 0.184. The van der Waals surface area contributed by atoms with E-state index in [1.165, 1.54) is 5.56 Å². The summed E-state index contributed by atoms with van der Waals surface area (Å²) < 4.78 is 15.3. The fraction of sp³-hybridized carbons (Fsp3) is 0.556. The average Bonchev–Trinajstić information content (AvgIpc) is 2.63. The Labute approximate surface area is 80.4 Å². The molecule has 0 saturated heterocycles. The van der Waals surface area contributed by atoms with Crippen molar-refractivity contribution < 1.29 is 13.5 Å². The first-order valence-corrected chi connectivity index (χ1v) is 5.24. The summed E-state index contributed by atoms with van der Waals surface area (Å²) in [5.41, 5.74) is 1.23. The molecule has 0 aliphatic heterocycles. The summed E-state index contributed by atoms with van der Waals surface area (Å²) in [7, 11) is 0.184. The topological polar surface area (TPSA) is 31.6 Å². The van der Waals surface area contributed by atoms with Crippen molar-refractivity contribution >= 4 is 9.03 Å². The molecule has 1 aromatic rings. The molecule has 0 aliphatic carbocycles. The molecule has 0 bridgehead atoms. The highest BCUT2D eigenvalue weighted by molar-refractivity contribution is 7.26.